The van der Waals surface area contributed by atoms with Crippen molar-refractivity contribution in [1.82, 2.24) is 20.2 Å². The van der Waals surface area contributed by atoms with Gasteiger partial charge in [-0.15, -0.1) is 16.7 Å². The molecule has 0 spiro atoms. The lowest BCUT2D eigenvalue weighted by Crippen LogP contribution is -2.20. The smallest absolute Gasteiger partial charge is 0.168 e. The molecule has 0 bridgehead atoms. The molecule has 1 aromatic rings. The molecule has 0 radical (unpaired) electrons. The fourth-order valence-electron chi connectivity index (χ4n) is 2.19. The number of rotatable bonds is 5. The summed E-state index contributed by atoms with van der Waals surface area (Å²) in [6.07, 6.45) is 6.74. The first kappa shape index (κ1) is 12.8. The predicted molar refractivity (Wildman–Crippen MR) is 64.9 cm³/mol. The van der Waals surface area contributed by atoms with E-state index in [1.807, 2.05) is 6.92 Å². The first-order chi connectivity index (χ1) is 8.27. The molecular formula is C11H19ClN4O. The van der Waals surface area contributed by atoms with Crippen molar-refractivity contribution >= 4 is 11.6 Å². The molecule has 0 saturated heterocycles. The van der Waals surface area contributed by atoms with Gasteiger partial charge in [0.2, 0.25) is 0 Å². The van der Waals surface area contributed by atoms with Crippen molar-refractivity contribution in [2.24, 2.45) is 0 Å². The third kappa shape index (κ3) is 3.64. The molecule has 1 fully saturated rings. The molecule has 2 rings (SSSR count). The second-order valence-electron chi connectivity index (χ2n) is 4.51. The zero-order valence-electron chi connectivity index (χ0n) is 10.2. The molecule has 1 aliphatic rings. The molecule has 17 heavy (non-hydrogen) atoms. The van der Waals surface area contributed by atoms with Crippen LogP contribution in [0.4, 0.5) is 0 Å². The van der Waals surface area contributed by atoms with Gasteiger partial charge in [-0.2, -0.15) is 0 Å². The van der Waals surface area contributed by atoms with Crippen LogP contribution in [0.3, 0.4) is 0 Å². The van der Waals surface area contributed by atoms with Crippen LogP contribution in [-0.2, 0) is 11.3 Å². The van der Waals surface area contributed by atoms with Crippen molar-refractivity contribution in [2.45, 2.75) is 57.1 Å². The number of alkyl halides is 1. The molecule has 6 heteroatoms. The maximum absolute atomic E-state index is 5.97. The molecule has 1 aromatic heterocycles. The van der Waals surface area contributed by atoms with Crippen LogP contribution in [-0.4, -0.2) is 32.9 Å². The van der Waals surface area contributed by atoms with Gasteiger partial charge >= 0.3 is 0 Å². The molecule has 1 heterocycles. The van der Waals surface area contributed by atoms with Crippen molar-refractivity contribution in [3.05, 3.63) is 5.82 Å². The van der Waals surface area contributed by atoms with Crippen LogP contribution in [0, 0.1) is 0 Å². The molecule has 5 nitrogen and oxygen atoms in total. The summed E-state index contributed by atoms with van der Waals surface area (Å²) in [6, 6.07) is 0. The summed E-state index contributed by atoms with van der Waals surface area (Å²) in [5, 5.41) is 11.3. The van der Waals surface area contributed by atoms with E-state index in [0.29, 0.717) is 25.1 Å². The molecule has 0 aliphatic heterocycles. The summed E-state index contributed by atoms with van der Waals surface area (Å²) < 4.78 is 7.55. The number of hydrogen-bond donors (Lipinski definition) is 0. The van der Waals surface area contributed by atoms with Gasteiger partial charge in [-0.1, -0.05) is 19.3 Å². The highest BCUT2D eigenvalue weighted by atomic mass is 35.5. The highest BCUT2D eigenvalue weighted by Crippen LogP contribution is 2.20. The molecule has 1 saturated carbocycles. The summed E-state index contributed by atoms with van der Waals surface area (Å²) >= 11 is 5.97. The van der Waals surface area contributed by atoms with Gasteiger partial charge < -0.3 is 4.74 Å². The van der Waals surface area contributed by atoms with E-state index < -0.39 is 0 Å². The molecule has 1 aliphatic carbocycles. The highest BCUT2D eigenvalue weighted by molar-refractivity contribution is 6.20. The lowest BCUT2D eigenvalue weighted by Gasteiger charge is -2.21. The molecule has 1 atom stereocenters. The van der Waals surface area contributed by atoms with Gasteiger partial charge in [0, 0.05) is 0 Å². The molecule has 0 amide bonds. The number of ether oxygens (including phenoxy) is 1. The highest BCUT2D eigenvalue weighted by Gasteiger charge is 2.15. The SMILES string of the molecule is CC(Cl)c1nnnn1CCOC1CCCCC1. The first-order valence-electron chi connectivity index (χ1n) is 6.29. The summed E-state index contributed by atoms with van der Waals surface area (Å²) in [5.41, 5.74) is 0. The summed E-state index contributed by atoms with van der Waals surface area (Å²) in [6.45, 7) is 3.20. The number of halogens is 1. The second-order valence-corrected chi connectivity index (χ2v) is 5.16. The fraction of sp³-hybridized carbons (Fsp3) is 0.909. The van der Waals surface area contributed by atoms with Crippen LogP contribution in [0.15, 0.2) is 0 Å². The van der Waals surface area contributed by atoms with Gasteiger partial charge in [-0.05, 0) is 30.2 Å². The Morgan fingerprint density at radius 2 is 2.18 bits per heavy atom. The number of aromatic nitrogens is 4. The minimum atomic E-state index is -0.167. The molecule has 1 unspecified atom stereocenters. The number of tetrazole rings is 1. The molecular weight excluding hydrogens is 240 g/mol. The zero-order chi connectivity index (χ0) is 12.1. The lowest BCUT2D eigenvalue weighted by atomic mass is 9.98. The molecule has 0 N–H and O–H groups in total. The monoisotopic (exact) mass is 258 g/mol. The number of nitrogens with zero attached hydrogens (tertiary/aromatic N) is 4. The van der Waals surface area contributed by atoms with Gasteiger partial charge in [-0.3, -0.25) is 0 Å². The normalized spacial score (nSPS) is 19.4. The van der Waals surface area contributed by atoms with E-state index in [0.717, 1.165) is 0 Å². The second kappa shape index (κ2) is 6.31. The third-order valence-corrected chi connectivity index (χ3v) is 3.32. The van der Waals surface area contributed by atoms with E-state index >= 15 is 0 Å². The van der Waals surface area contributed by atoms with Gasteiger partial charge in [0.05, 0.1) is 24.6 Å². The van der Waals surface area contributed by atoms with Crippen molar-refractivity contribution in [3.63, 3.8) is 0 Å². The Bertz CT molecular complexity index is 336. The van der Waals surface area contributed by atoms with Crippen LogP contribution in [0.2, 0.25) is 0 Å². The first-order valence-corrected chi connectivity index (χ1v) is 6.72. The fourth-order valence-corrected chi connectivity index (χ4v) is 2.35. The Labute approximate surface area is 106 Å². The minimum absolute atomic E-state index is 0.167. The van der Waals surface area contributed by atoms with Gasteiger partial charge in [0.15, 0.2) is 5.82 Å². The van der Waals surface area contributed by atoms with Crippen LogP contribution in [0.1, 0.15) is 50.2 Å². The van der Waals surface area contributed by atoms with Crippen molar-refractivity contribution in [3.8, 4) is 0 Å². The van der Waals surface area contributed by atoms with Gasteiger partial charge in [0.1, 0.15) is 0 Å². The van der Waals surface area contributed by atoms with Crippen LogP contribution in [0.5, 0.6) is 0 Å². The van der Waals surface area contributed by atoms with Crippen molar-refractivity contribution in [2.75, 3.05) is 6.61 Å². The molecule has 0 aromatic carbocycles. The Morgan fingerprint density at radius 3 is 2.88 bits per heavy atom. The Hall–Kier alpha value is -0.680. The van der Waals surface area contributed by atoms with Gasteiger partial charge in [-0.25, -0.2) is 4.68 Å². The number of hydrogen-bond acceptors (Lipinski definition) is 4. The lowest BCUT2D eigenvalue weighted by molar-refractivity contribution is 0.0224. The Balaban J connectivity index is 1.75. The standard InChI is InChI=1S/C11H19ClN4O/c1-9(12)11-13-14-15-16(11)7-8-17-10-5-3-2-4-6-10/h9-10H,2-8H2,1H3. The zero-order valence-corrected chi connectivity index (χ0v) is 10.9. The average molecular weight is 259 g/mol. The van der Waals surface area contributed by atoms with Crippen LogP contribution < -0.4 is 0 Å². The minimum Gasteiger partial charge on any atom is -0.376 e. The van der Waals surface area contributed by atoms with Crippen LogP contribution in [0.25, 0.3) is 0 Å². The average Bonchev–Trinajstić information content (AvgIpc) is 2.79. The Morgan fingerprint density at radius 1 is 1.41 bits per heavy atom. The maximum Gasteiger partial charge on any atom is 0.168 e. The van der Waals surface area contributed by atoms with Crippen LogP contribution >= 0.6 is 11.6 Å². The quantitative estimate of drug-likeness (QED) is 0.761. The molecule has 96 valence electrons. The predicted octanol–water partition coefficient (Wildman–Crippen LogP) is 2.32. The van der Waals surface area contributed by atoms with Crippen molar-refractivity contribution in [1.29, 1.82) is 0 Å². The van der Waals surface area contributed by atoms with Crippen molar-refractivity contribution < 1.29 is 4.74 Å². The summed E-state index contributed by atoms with van der Waals surface area (Å²) in [4.78, 5) is 0. The van der Waals surface area contributed by atoms with E-state index in [4.69, 9.17) is 16.3 Å². The maximum atomic E-state index is 5.97. The largest absolute Gasteiger partial charge is 0.376 e. The summed E-state index contributed by atoms with van der Waals surface area (Å²) in [5.74, 6) is 0.707. The Kier molecular flexibility index (Phi) is 4.74. The van der Waals surface area contributed by atoms with E-state index in [1.54, 1.807) is 4.68 Å². The topological polar surface area (TPSA) is 52.8 Å². The third-order valence-electron chi connectivity index (χ3n) is 3.12. The van der Waals surface area contributed by atoms with E-state index in [9.17, 15) is 0 Å². The van der Waals surface area contributed by atoms with E-state index in [1.165, 1.54) is 32.1 Å². The van der Waals surface area contributed by atoms with Gasteiger partial charge in [0.25, 0.3) is 0 Å². The summed E-state index contributed by atoms with van der Waals surface area (Å²) in [7, 11) is 0. The van der Waals surface area contributed by atoms with E-state index in [2.05, 4.69) is 15.5 Å². The van der Waals surface area contributed by atoms with E-state index in [-0.39, 0.29) is 5.38 Å².